The highest BCUT2D eigenvalue weighted by Crippen LogP contribution is 2.11. The normalized spacial score (nSPS) is 10.1. The van der Waals surface area contributed by atoms with E-state index in [0.717, 1.165) is 17.7 Å². The molecule has 4 nitrogen and oxygen atoms in total. The van der Waals surface area contributed by atoms with Crippen LogP contribution in [0.1, 0.15) is 19.4 Å². The van der Waals surface area contributed by atoms with E-state index in [1.807, 2.05) is 38.1 Å². The van der Waals surface area contributed by atoms with Crippen LogP contribution < -0.4 is 10.1 Å². The Morgan fingerprint density at radius 1 is 1.29 bits per heavy atom. The molecule has 0 atom stereocenters. The molecule has 0 spiro atoms. The molecule has 0 saturated heterocycles. The van der Waals surface area contributed by atoms with Crippen molar-refractivity contribution in [1.29, 1.82) is 0 Å². The summed E-state index contributed by atoms with van der Waals surface area (Å²) in [6.07, 6.45) is 0.321. The number of ether oxygens (including phenoxy) is 2. The van der Waals surface area contributed by atoms with Crippen LogP contribution in [0.5, 0.6) is 5.75 Å². The molecule has 0 aliphatic heterocycles. The van der Waals surface area contributed by atoms with Crippen molar-refractivity contribution in [3.05, 3.63) is 29.8 Å². The second kappa shape index (κ2) is 6.78. The van der Waals surface area contributed by atoms with Gasteiger partial charge >= 0.3 is 6.09 Å². The molecule has 17 heavy (non-hydrogen) atoms. The van der Waals surface area contributed by atoms with Crippen LogP contribution in [0.15, 0.2) is 24.3 Å². The maximum Gasteiger partial charge on any atom is 0.407 e. The largest absolute Gasteiger partial charge is 0.497 e. The van der Waals surface area contributed by atoms with E-state index >= 15 is 0 Å². The Hall–Kier alpha value is -1.71. The van der Waals surface area contributed by atoms with Crippen molar-refractivity contribution in [2.75, 3.05) is 13.7 Å². The topological polar surface area (TPSA) is 47.6 Å². The molecule has 1 rings (SSSR count). The highest BCUT2D eigenvalue weighted by molar-refractivity contribution is 5.67. The average molecular weight is 237 g/mol. The third-order valence-corrected chi connectivity index (χ3v) is 2.18. The van der Waals surface area contributed by atoms with E-state index in [1.165, 1.54) is 0 Å². The van der Waals surface area contributed by atoms with Crippen molar-refractivity contribution < 1.29 is 14.3 Å². The average Bonchev–Trinajstić information content (AvgIpc) is 2.29. The lowest BCUT2D eigenvalue weighted by Crippen LogP contribution is -2.28. The van der Waals surface area contributed by atoms with E-state index in [-0.39, 0.29) is 12.2 Å². The lowest BCUT2D eigenvalue weighted by atomic mass is 10.1. The smallest absolute Gasteiger partial charge is 0.407 e. The van der Waals surface area contributed by atoms with Gasteiger partial charge in [-0.25, -0.2) is 4.79 Å². The van der Waals surface area contributed by atoms with Crippen LogP contribution >= 0.6 is 0 Å². The number of alkyl carbamates (subject to hydrolysis) is 1. The summed E-state index contributed by atoms with van der Waals surface area (Å²) in [5.41, 5.74) is 1.15. The van der Waals surface area contributed by atoms with Crippen molar-refractivity contribution in [3.8, 4) is 5.75 Å². The first kappa shape index (κ1) is 13.4. The molecule has 1 amide bonds. The molecule has 94 valence electrons. The number of hydrogen-bond acceptors (Lipinski definition) is 3. The van der Waals surface area contributed by atoms with Gasteiger partial charge in [-0.1, -0.05) is 12.1 Å². The molecule has 0 unspecified atom stereocenters. The molecule has 0 saturated carbocycles. The summed E-state index contributed by atoms with van der Waals surface area (Å²) < 4.78 is 10.0. The predicted octanol–water partition coefficient (Wildman–Crippen LogP) is 2.37. The summed E-state index contributed by atoms with van der Waals surface area (Å²) in [5, 5.41) is 2.70. The van der Waals surface area contributed by atoms with Crippen LogP contribution in [-0.2, 0) is 11.2 Å². The Balaban J connectivity index is 2.28. The van der Waals surface area contributed by atoms with Crippen LogP contribution in [0.4, 0.5) is 4.79 Å². The maximum absolute atomic E-state index is 11.2. The van der Waals surface area contributed by atoms with Gasteiger partial charge in [-0.2, -0.15) is 0 Å². The molecular formula is C13H19NO3. The van der Waals surface area contributed by atoms with Crippen molar-refractivity contribution in [3.63, 3.8) is 0 Å². The molecule has 1 aromatic rings. The number of carbonyl (C=O) groups is 1. The van der Waals surface area contributed by atoms with E-state index in [0.29, 0.717) is 6.54 Å². The van der Waals surface area contributed by atoms with Crippen LogP contribution in [0, 0.1) is 0 Å². The molecule has 0 aliphatic rings. The first-order valence-corrected chi connectivity index (χ1v) is 5.69. The van der Waals surface area contributed by atoms with Crippen LogP contribution in [-0.4, -0.2) is 25.9 Å². The van der Waals surface area contributed by atoms with Crippen LogP contribution in [0.3, 0.4) is 0 Å². The molecule has 0 radical (unpaired) electrons. The molecule has 1 aromatic carbocycles. The fourth-order valence-corrected chi connectivity index (χ4v) is 1.36. The Morgan fingerprint density at radius 3 is 2.47 bits per heavy atom. The van der Waals surface area contributed by atoms with Gasteiger partial charge < -0.3 is 14.8 Å². The molecule has 0 aromatic heterocycles. The first-order valence-electron chi connectivity index (χ1n) is 5.69. The van der Waals surface area contributed by atoms with E-state index in [9.17, 15) is 4.79 Å². The number of amides is 1. The van der Waals surface area contributed by atoms with Gasteiger partial charge in [0.05, 0.1) is 13.2 Å². The van der Waals surface area contributed by atoms with Crippen molar-refractivity contribution in [2.45, 2.75) is 26.4 Å². The van der Waals surface area contributed by atoms with E-state index in [2.05, 4.69) is 5.32 Å². The number of rotatable bonds is 5. The highest BCUT2D eigenvalue weighted by Gasteiger charge is 2.03. The number of carbonyl (C=O) groups excluding carboxylic acids is 1. The van der Waals surface area contributed by atoms with Crippen molar-refractivity contribution >= 4 is 6.09 Å². The van der Waals surface area contributed by atoms with Crippen LogP contribution in [0.2, 0.25) is 0 Å². The fraction of sp³-hybridized carbons (Fsp3) is 0.462. The SMILES string of the molecule is COc1ccc(CCNC(=O)OC(C)C)cc1. The lowest BCUT2D eigenvalue weighted by molar-refractivity contribution is 0.116. The molecule has 1 N–H and O–H groups in total. The van der Waals surface area contributed by atoms with Gasteiger partial charge in [-0.05, 0) is 38.0 Å². The molecule has 0 fully saturated rings. The zero-order valence-corrected chi connectivity index (χ0v) is 10.5. The quantitative estimate of drug-likeness (QED) is 0.855. The Kier molecular flexibility index (Phi) is 5.33. The minimum atomic E-state index is -0.367. The van der Waals surface area contributed by atoms with Crippen molar-refractivity contribution in [2.24, 2.45) is 0 Å². The maximum atomic E-state index is 11.2. The first-order chi connectivity index (χ1) is 8.11. The number of hydrogen-bond donors (Lipinski definition) is 1. The second-order valence-corrected chi connectivity index (χ2v) is 3.98. The fourth-order valence-electron chi connectivity index (χ4n) is 1.36. The molecule has 0 heterocycles. The van der Waals surface area contributed by atoms with E-state index in [4.69, 9.17) is 9.47 Å². The predicted molar refractivity (Wildman–Crippen MR) is 66.3 cm³/mol. The molecule has 0 aliphatic carbocycles. The number of nitrogens with one attached hydrogen (secondary N) is 1. The van der Waals surface area contributed by atoms with Gasteiger partial charge in [-0.3, -0.25) is 0 Å². The lowest BCUT2D eigenvalue weighted by Gasteiger charge is -2.09. The summed E-state index contributed by atoms with van der Waals surface area (Å²) >= 11 is 0. The Bertz CT molecular complexity index is 346. The van der Waals surface area contributed by atoms with Gasteiger partial charge in [0.15, 0.2) is 0 Å². The summed E-state index contributed by atoms with van der Waals surface area (Å²) in [4.78, 5) is 11.2. The minimum absolute atomic E-state index is 0.0870. The number of methoxy groups -OCH3 is 1. The van der Waals surface area contributed by atoms with Gasteiger partial charge in [-0.15, -0.1) is 0 Å². The third kappa shape index (κ3) is 5.24. The third-order valence-electron chi connectivity index (χ3n) is 2.18. The van der Waals surface area contributed by atoms with Crippen molar-refractivity contribution in [1.82, 2.24) is 5.32 Å². The monoisotopic (exact) mass is 237 g/mol. The standard InChI is InChI=1S/C13H19NO3/c1-10(2)17-13(15)14-9-8-11-4-6-12(16-3)7-5-11/h4-7,10H,8-9H2,1-3H3,(H,14,15). The van der Waals surface area contributed by atoms with E-state index < -0.39 is 0 Å². The van der Waals surface area contributed by atoms with E-state index in [1.54, 1.807) is 7.11 Å². The summed E-state index contributed by atoms with van der Waals surface area (Å²) in [7, 11) is 1.64. The van der Waals surface area contributed by atoms with Crippen LogP contribution in [0.25, 0.3) is 0 Å². The molecular weight excluding hydrogens is 218 g/mol. The summed E-state index contributed by atoms with van der Waals surface area (Å²) in [6.45, 7) is 4.21. The zero-order chi connectivity index (χ0) is 12.7. The summed E-state index contributed by atoms with van der Waals surface area (Å²) in [5.74, 6) is 0.834. The molecule has 0 bridgehead atoms. The van der Waals surface area contributed by atoms with Gasteiger partial charge in [0, 0.05) is 6.54 Å². The van der Waals surface area contributed by atoms with Gasteiger partial charge in [0.25, 0.3) is 0 Å². The second-order valence-electron chi connectivity index (χ2n) is 3.98. The Morgan fingerprint density at radius 2 is 1.94 bits per heavy atom. The molecule has 4 heteroatoms. The summed E-state index contributed by atoms with van der Waals surface area (Å²) in [6, 6.07) is 7.77. The number of benzene rings is 1. The zero-order valence-electron chi connectivity index (χ0n) is 10.5. The Labute approximate surface area is 102 Å². The van der Waals surface area contributed by atoms with Gasteiger partial charge in [0.2, 0.25) is 0 Å². The highest BCUT2D eigenvalue weighted by atomic mass is 16.6. The minimum Gasteiger partial charge on any atom is -0.497 e. The van der Waals surface area contributed by atoms with Gasteiger partial charge in [0.1, 0.15) is 5.75 Å².